The summed E-state index contributed by atoms with van der Waals surface area (Å²) in [5.74, 6) is 0.967. The van der Waals surface area contributed by atoms with Gasteiger partial charge >= 0.3 is 0 Å². The average Bonchev–Trinajstić information content (AvgIpc) is 2.86. The van der Waals surface area contributed by atoms with E-state index in [4.69, 9.17) is 4.42 Å². The van der Waals surface area contributed by atoms with Crippen LogP contribution in [0.4, 0.5) is 0 Å². The number of nitrogens with zero attached hydrogens (tertiary/aromatic N) is 1. The Hall–Kier alpha value is -1.55. The van der Waals surface area contributed by atoms with Crippen LogP contribution in [0, 0.1) is 0 Å². The number of aromatic amines is 1. The second-order valence-electron chi connectivity index (χ2n) is 3.08. The van der Waals surface area contributed by atoms with Gasteiger partial charge in [-0.2, -0.15) is 0 Å². The number of hydrogen-bond acceptors (Lipinski definition) is 3. The van der Waals surface area contributed by atoms with Crippen LogP contribution < -0.4 is 5.32 Å². The molecule has 2 heterocycles. The maximum Gasteiger partial charge on any atom is 0.117 e. The van der Waals surface area contributed by atoms with Gasteiger partial charge in [-0.3, -0.25) is 0 Å². The van der Waals surface area contributed by atoms with Crippen LogP contribution in [0.3, 0.4) is 0 Å². The lowest BCUT2D eigenvalue weighted by Crippen LogP contribution is -2.16. The highest BCUT2D eigenvalue weighted by atomic mass is 16.3. The van der Waals surface area contributed by atoms with Crippen molar-refractivity contribution in [2.45, 2.75) is 13.0 Å². The molecule has 0 aliphatic carbocycles. The first-order valence-electron chi connectivity index (χ1n) is 4.65. The number of nitrogens with one attached hydrogen (secondary N) is 2. The third-order valence-corrected chi connectivity index (χ3v) is 2.01. The minimum atomic E-state index is 0.779. The minimum Gasteiger partial charge on any atom is -0.468 e. The number of aromatic nitrogens is 2. The van der Waals surface area contributed by atoms with Crippen molar-refractivity contribution in [2.24, 2.45) is 0 Å². The first kappa shape index (κ1) is 9.02. The van der Waals surface area contributed by atoms with Crippen molar-refractivity contribution in [1.29, 1.82) is 0 Å². The third-order valence-electron chi connectivity index (χ3n) is 2.01. The Balaban J connectivity index is 1.65. The number of imidazole rings is 1. The van der Waals surface area contributed by atoms with Crippen LogP contribution in [0.25, 0.3) is 0 Å². The summed E-state index contributed by atoms with van der Waals surface area (Å²) in [6.45, 7) is 1.70. The molecule has 0 atom stereocenters. The van der Waals surface area contributed by atoms with Crippen molar-refractivity contribution in [2.75, 3.05) is 6.54 Å². The molecular formula is C10H13N3O. The maximum absolute atomic E-state index is 5.19. The van der Waals surface area contributed by atoms with Gasteiger partial charge < -0.3 is 14.7 Å². The summed E-state index contributed by atoms with van der Waals surface area (Å²) >= 11 is 0. The van der Waals surface area contributed by atoms with Gasteiger partial charge in [0.15, 0.2) is 0 Å². The van der Waals surface area contributed by atoms with E-state index in [1.165, 1.54) is 0 Å². The molecule has 4 heteroatoms. The van der Waals surface area contributed by atoms with E-state index in [1.807, 2.05) is 18.3 Å². The summed E-state index contributed by atoms with van der Waals surface area (Å²) in [7, 11) is 0. The Morgan fingerprint density at radius 1 is 1.50 bits per heavy atom. The standard InChI is InChI=1S/C10H13N3O/c1-2-10(14-5-1)7-11-4-3-9-6-12-8-13-9/h1-2,5-6,8,11H,3-4,7H2,(H,12,13). The summed E-state index contributed by atoms with van der Waals surface area (Å²) in [5.41, 5.74) is 1.15. The first-order chi connectivity index (χ1) is 6.95. The highest BCUT2D eigenvalue weighted by Gasteiger charge is 1.95. The highest BCUT2D eigenvalue weighted by molar-refractivity contribution is 4.98. The molecule has 0 fully saturated rings. The first-order valence-corrected chi connectivity index (χ1v) is 4.65. The van der Waals surface area contributed by atoms with Crippen LogP contribution in [-0.4, -0.2) is 16.5 Å². The molecule has 0 aliphatic heterocycles. The van der Waals surface area contributed by atoms with Gasteiger partial charge in [0, 0.05) is 24.9 Å². The summed E-state index contributed by atoms with van der Waals surface area (Å²) < 4.78 is 5.19. The van der Waals surface area contributed by atoms with E-state index >= 15 is 0 Å². The number of H-pyrrole nitrogens is 1. The molecule has 14 heavy (non-hydrogen) atoms. The van der Waals surface area contributed by atoms with E-state index in [1.54, 1.807) is 12.6 Å². The zero-order valence-electron chi connectivity index (χ0n) is 7.86. The van der Waals surface area contributed by atoms with Crippen molar-refractivity contribution in [3.05, 3.63) is 42.4 Å². The quantitative estimate of drug-likeness (QED) is 0.701. The Bertz CT molecular complexity index is 303. The van der Waals surface area contributed by atoms with Gasteiger partial charge in [0.05, 0.1) is 19.1 Å². The Morgan fingerprint density at radius 2 is 2.50 bits per heavy atom. The molecule has 74 valence electrons. The fourth-order valence-electron chi connectivity index (χ4n) is 1.27. The fraction of sp³-hybridized carbons (Fsp3) is 0.300. The molecule has 0 aromatic carbocycles. The smallest absolute Gasteiger partial charge is 0.117 e. The molecule has 0 radical (unpaired) electrons. The zero-order chi connectivity index (χ0) is 9.64. The van der Waals surface area contributed by atoms with Crippen LogP contribution in [0.5, 0.6) is 0 Å². The van der Waals surface area contributed by atoms with Gasteiger partial charge in [0.25, 0.3) is 0 Å². The summed E-state index contributed by atoms with van der Waals surface area (Å²) in [6, 6.07) is 3.86. The maximum atomic E-state index is 5.19. The predicted octanol–water partition coefficient (Wildman–Crippen LogP) is 1.33. The lowest BCUT2D eigenvalue weighted by molar-refractivity contribution is 0.484. The Kier molecular flexibility index (Phi) is 2.98. The van der Waals surface area contributed by atoms with Crippen molar-refractivity contribution < 1.29 is 4.42 Å². The van der Waals surface area contributed by atoms with Crippen LogP contribution in [-0.2, 0) is 13.0 Å². The molecule has 0 saturated carbocycles. The molecule has 2 aromatic heterocycles. The molecule has 0 spiro atoms. The zero-order valence-corrected chi connectivity index (χ0v) is 7.86. The molecule has 2 aromatic rings. The largest absolute Gasteiger partial charge is 0.468 e. The molecule has 0 unspecified atom stereocenters. The van der Waals surface area contributed by atoms with Gasteiger partial charge in [-0.15, -0.1) is 0 Å². The van der Waals surface area contributed by atoms with Crippen molar-refractivity contribution in [3.8, 4) is 0 Å². The van der Waals surface area contributed by atoms with Gasteiger partial charge in [-0.25, -0.2) is 4.98 Å². The van der Waals surface area contributed by atoms with E-state index in [0.29, 0.717) is 0 Å². The topological polar surface area (TPSA) is 53.9 Å². The van der Waals surface area contributed by atoms with Crippen LogP contribution in [0.2, 0.25) is 0 Å². The molecule has 2 rings (SSSR count). The summed E-state index contributed by atoms with van der Waals surface area (Å²) in [5, 5.41) is 3.28. The lowest BCUT2D eigenvalue weighted by atomic mass is 10.3. The number of hydrogen-bond donors (Lipinski definition) is 2. The van der Waals surface area contributed by atoms with E-state index in [0.717, 1.165) is 31.0 Å². The van der Waals surface area contributed by atoms with Crippen LogP contribution in [0.1, 0.15) is 11.5 Å². The van der Waals surface area contributed by atoms with Gasteiger partial charge in [0.2, 0.25) is 0 Å². The molecule has 0 aliphatic rings. The van der Waals surface area contributed by atoms with E-state index in [9.17, 15) is 0 Å². The van der Waals surface area contributed by atoms with E-state index in [-0.39, 0.29) is 0 Å². The SMILES string of the molecule is c1coc(CNCCc2cnc[nH]2)c1. The second-order valence-corrected chi connectivity index (χ2v) is 3.08. The molecule has 0 saturated heterocycles. The van der Waals surface area contributed by atoms with Crippen molar-refractivity contribution in [3.63, 3.8) is 0 Å². The minimum absolute atomic E-state index is 0.779. The van der Waals surface area contributed by atoms with Gasteiger partial charge in [0.1, 0.15) is 5.76 Å². The van der Waals surface area contributed by atoms with Gasteiger partial charge in [-0.1, -0.05) is 0 Å². The van der Waals surface area contributed by atoms with Gasteiger partial charge in [-0.05, 0) is 12.1 Å². The Morgan fingerprint density at radius 3 is 3.21 bits per heavy atom. The molecule has 2 N–H and O–H groups in total. The number of furan rings is 1. The van der Waals surface area contributed by atoms with Crippen molar-refractivity contribution in [1.82, 2.24) is 15.3 Å². The lowest BCUT2D eigenvalue weighted by Gasteiger charge is -2.00. The molecule has 4 nitrogen and oxygen atoms in total. The molecular weight excluding hydrogens is 178 g/mol. The van der Waals surface area contributed by atoms with Crippen LogP contribution >= 0.6 is 0 Å². The third kappa shape index (κ3) is 2.47. The fourth-order valence-corrected chi connectivity index (χ4v) is 1.27. The summed E-state index contributed by atoms with van der Waals surface area (Å²) in [4.78, 5) is 7.01. The van der Waals surface area contributed by atoms with E-state index in [2.05, 4.69) is 15.3 Å². The van der Waals surface area contributed by atoms with Crippen LogP contribution in [0.15, 0.2) is 35.3 Å². The Labute approximate surface area is 82.4 Å². The van der Waals surface area contributed by atoms with E-state index < -0.39 is 0 Å². The average molecular weight is 191 g/mol. The molecule has 0 bridgehead atoms. The predicted molar refractivity (Wildman–Crippen MR) is 52.7 cm³/mol. The second kappa shape index (κ2) is 4.62. The summed E-state index contributed by atoms with van der Waals surface area (Å²) in [6.07, 6.45) is 6.18. The highest BCUT2D eigenvalue weighted by Crippen LogP contribution is 1.98. The molecule has 0 amide bonds. The number of rotatable bonds is 5. The monoisotopic (exact) mass is 191 g/mol. The normalized spacial score (nSPS) is 10.6. The van der Waals surface area contributed by atoms with Crippen molar-refractivity contribution >= 4 is 0 Å².